The van der Waals surface area contributed by atoms with E-state index in [1.54, 1.807) is 44.1 Å². The molecule has 4 nitrogen and oxygen atoms in total. The van der Waals surface area contributed by atoms with Gasteiger partial charge in [-0.05, 0) is 48.0 Å². The lowest BCUT2D eigenvalue weighted by atomic mass is 10.00. The summed E-state index contributed by atoms with van der Waals surface area (Å²) in [6, 6.07) is 5.17. The number of hydrogen-bond donors (Lipinski definition) is 0. The number of carbonyl (C=O) groups is 2. The molecule has 1 aliphatic rings. The first-order valence-electron chi connectivity index (χ1n) is 6.06. The maximum Gasteiger partial charge on any atom is 0.254 e. The number of ether oxygens (including phenoxy) is 1. The standard InChI is InChI=1S/C14H16BrNO3/c1-14(2)12(17)6-7-16(14)13(18)9-4-5-11(19-3)10(15)8-9/h4-5,8H,6-7H2,1-3H3. The Kier molecular flexibility index (Phi) is 3.67. The van der Waals surface area contributed by atoms with E-state index in [4.69, 9.17) is 4.74 Å². The van der Waals surface area contributed by atoms with Crippen LogP contribution in [-0.4, -0.2) is 35.8 Å². The summed E-state index contributed by atoms with van der Waals surface area (Å²) in [4.78, 5) is 25.9. The molecule has 0 N–H and O–H groups in total. The summed E-state index contributed by atoms with van der Waals surface area (Å²) in [7, 11) is 1.57. The third-order valence-corrected chi connectivity index (χ3v) is 4.18. The number of rotatable bonds is 2. The second-order valence-corrected chi connectivity index (χ2v) is 5.89. The molecule has 1 saturated heterocycles. The lowest BCUT2D eigenvalue weighted by Gasteiger charge is -2.30. The lowest BCUT2D eigenvalue weighted by Crippen LogP contribution is -2.46. The average Bonchev–Trinajstić information content (AvgIpc) is 2.63. The molecule has 1 heterocycles. The molecule has 0 spiro atoms. The topological polar surface area (TPSA) is 46.6 Å². The molecule has 2 rings (SSSR count). The third kappa shape index (κ3) is 2.39. The Labute approximate surface area is 120 Å². The van der Waals surface area contributed by atoms with Crippen LogP contribution in [0, 0.1) is 0 Å². The van der Waals surface area contributed by atoms with Crippen LogP contribution in [0.15, 0.2) is 22.7 Å². The monoisotopic (exact) mass is 325 g/mol. The maximum atomic E-state index is 12.5. The largest absolute Gasteiger partial charge is 0.496 e. The van der Waals surface area contributed by atoms with Gasteiger partial charge in [0.1, 0.15) is 5.75 Å². The van der Waals surface area contributed by atoms with Gasteiger partial charge in [-0.25, -0.2) is 0 Å². The normalized spacial score (nSPS) is 17.7. The molecule has 1 aromatic rings. The van der Waals surface area contributed by atoms with E-state index >= 15 is 0 Å². The van der Waals surface area contributed by atoms with E-state index in [9.17, 15) is 9.59 Å². The predicted molar refractivity (Wildman–Crippen MR) is 75.4 cm³/mol. The molecular weight excluding hydrogens is 310 g/mol. The van der Waals surface area contributed by atoms with Crippen LogP contribution in [0.4, 0.5) is 0 Å². The average molecular weight is 326 g/mol. The molecule has 1 amide bonds. The summed E-state index contributed by atoms with van der Waals surface area (Å²) < 4.78 is 5.86. The van der Waals surface area contributed by atoms with Gasteiger partial charge in [0, 0.05) is 18.5 Å². The first-order valence-corrected chi connectivity index (χ1v) is 6.86. The number of carbonyl (C=O) groups excluding carboxylic acids is 2. The molecule has 1 aliphatic heterocycles. The summed E-state index contributed by atoms with van der Waals surface area (Å²) in [5, 5.41) is 0. The number of nitrogens with zero attached hydrogens (tertiary/aromatic N) is 1. The molecule has 0 unspecified atom stereocenters. The number of Topliss-reactive ketones (excluding diaryl/α,β-unsaturated/α-hetero) is 1. The van der Waals surface area contributed by atoms with Crippen LogP contribution in [-0.2, 0) is 4.79 Å². The second-order valence-electron chi connectivity index (χ2n) is 5.04. The van der Waals surface area contributed by atoms with E-state index in [-0.39, 0.29) is 11.7 Å². The van der Waals surface area contributed by atoms with Crippen molar-refractivity contribution in [2.24, 2.45) is 0 Å². The van der Waals surface area contributed by atoms with Gasteiger partial charge in [-0.3, -0.25) is 9.59 Å². The molecular formula is C14H16BrNO3. The number of ketones is 1. The van der Waals surface area contributed by atoms with Crippen molar-refractivity contribution >= 4 is 27.6 Å². The molecule has 0 aromatic heterocycles. The van der Waals surface area contributed by atoms with Crippen LogP contribution < -0.4 is 4.74 Å². The lowest BCUT2D eigenvalue weighted by molar-refractivity contribution is -0.123. The predicted octanol–water partition coefficient (Wildman–Crippen LogP) is 2.65. The molecule has 0 saturated carbocycles. The van der Waals surface area contributed by atoms with Crippen LogP contribution in [0.3, 0.4) is 0 Å². The highest BCUT2D eigenvalue weighted by molar-refractivity contribution is 9.10. The highest BCUT2D eigenvalue weighted by Crippen LogP contribution is 2.30. The van der Waals surface area contributed by atoms with E-state index in [0.29, 0.717) is 24.3 Å². The Balaban J connectivity index is 2.30. The number of hydrogen-bond acceptors (Lipinski definition) is 3. The van der Waals surface area contributed by atoms with E-state index in [0.717, 1.165) is 4.47 Å². The minimum absolute atomic E-state index is 0.105. The van der Waals surface area contributed by atoms with Crippen LogP contribution in [0.5, 0.6) is 5.75 Å². The van der Waals surface area contributed by atoms with E-state index in [2.05, 4.69) is 15.9 Å². The van der Waals surface area contributed by atoms with Crippen molar-refractivity contribution in [3.8, 4) is 5.75 Å². The zero-order valence-electron chi connectivity index (χ0n) is 11.2. The quantitative estimate of drug-likeness (QED) is 0.839. The van der Waals surface area contributed by atoms with Crippen molar-refractivity contribution in [2.45, 2.75) is 25.8 Å². The third-order valence-electron chi connectivity index (χ3n) is 3.56. The molecule has 0 bridgehead atoms. The van der Waals surface area contributed by atoms with Gasteiger partial charge in [0.25, 0.3) is 5.91 Å². The van der Waals surface area contributed by atoms with Crippen LogP contribution in [0.25, 0.3) is 0 Å². The zero-order chi connectivity index (χ0) is 14.2. The van der Waals surface area contributed by atoms with Gasteiger partial charge in [-0.15, -0.1) is 0 Å². The number of methoxy groups -OCH3 is 1. The maximum absolute atomic E-state index is 12.5. The second kappa shape index (κ2) is 4.96. The SMILES string of the molecule is COc1ccc(C(=O)N2CCC(=O)C2(C)C)cc1Br. The molecule has 5 heteroatoms. The van der Waals surface area contributed by atoms with E-state index in [1.165, 1.54) is 0 Å². The van der Waals surface area contributed by atoms with Gasteiger partial charge >= 0.3 is 0 Å². The van der Waals surface area contributed by atoms with Crippen molar-refractivity contribution < 1.29 is 14.3 Å². The minimum Gasteiger partial charge on any atom is -0.496 e. The molecule has 19 heavy (non-hydrogen) atoms. The molecule has 0 aliphatic carbocycles. The Morgan fingerprint density at radius 1 is 1.42 bits per heavy atom. The van der Waals surface area contributed by atoms with E-state index < -0.39 is 5.54 Å². The summed E-state index contributed by atoms with van der Waals surface area (Å²) in [6.07, 6.45) is 0.427. The molecule has 0 radical (unpaired) electrons. The van der Waals surface area contributed by atoms with Crippen molar-refractivity contribution in [3.63, 3.8) is 0 Å². The fraction of sp³-hybridized carbons (Fsp3) is 0.429. The number of amides is 1. The summed E-state index contributed by atoms with van der Waals surface area (Å²) in [5.41, 5.74) is -0.167. The Morgan fingerprint density at radius 2 is 2.11 bits per heavy atom. The Morgan fingerprint density at radius 3 is 2.58 bits per heavy atom. The first-order chi connectivity index (χ1) is 8.87. The van der Waals surface area contributed by atoms with Crippen molar-refractivity contribution in [3.05, 3.63) is 28.2 Å². The summed E-state index contributed by atoms with van der Waals surface area (Å²) >= 11 is 3.36. The number of likely N-dealkylation sites (tertiary alicyclic amines) is 1. The molecule has 1 aromatic carbocycles. The molecule has 0 atom stereocenters. The Hall–Kier alpha value is -1.36. The van der Waals surface area contributed by atoms with Crippen LogP contribution in [0.2, 0.25) is 0 Å². The van der Waals surface area contributed by atoms with E-state index in [1.807, 2.05) is 0 Å². The van der Waals surface area contributed by atoms with Crippen molar-refractivity contribution in [1.29, 1.82) is 0 Å². The number of benzene rings is 1. The van der Waals surface area contributed by atoms with Gasteiger partial charge < -0.3 is 9.64 Å². The smallest absolute Gasteiger partial charge is 0.254 e. The fourth-order valence-corrected chi connectivity index (χ4v) is 2.80. The highest BCUT2D eigenvalue weighted by Gasteiger charge is 2.42. The zero-order valence-corrected chi connectivity index (χ0v) is 12.8. The molecule has 1 fully saturated rings. The van der Waals surface area contributed by atoms with Gasteiger partial charge in [-0.1, -0.05) is 0 Å². The summed E-state index contributed by atoms with van der Waals surface area (Å²) in [5.74, 6) is 0.654. The fourth-order valence-electron chi connectivity index (χ4n) is 2.26. The van der Waals surface area contributed by atoms with Gasteiger partial charge in [-0.2, -0.15) is 0 Å². The van der Waals surface area contributed by atoms with Gasteiger partial charge in [0.15, 0.2) is 5.78 Å². The number of halogens is 1. The molecule has 102 valence electrons. The summed E-state index contributed by atoms with van der Waals surface area (Å²) in [6.45, 7) is 4.06. The van der Waals surface area contributed by atoms with Crippen molar-refractivity contribution in [2.75, 3.05) is 13.7 Å². The van der Waals surface area contributed by atoms with Gasteiger partial charge in [0.2, 0.25) is 0 Å². The minimum atomic E-state index is -0.719. The van der Waals surface area contributed by atoms with Crippen LogP contribution in [0.1, 0.15) is 30.6 Å². The first kappa shape index (κ1) is 14.1. The van der Waals surface area contributed by atoms with Gasteiger partial charge in [0.05, 0.1) is 17.1 Å². The van der Waals surface area contributed by atoms with Crippen LogP contribution >= 0.6 is 15.9 Å². The van der Waals surface area contributed by atoms with Crippen molar-refractivity contribution in [1.82, 2.24) is 4.90 Å². The Bertz CT molecular complexity index is 539. The highest BCUT2D eigenvalue weighted by atomic mass is 79.9.